The highest BCUT2D eigenvalue weighted by molar-refractivity contribution is 7.92. The van der Waals surface area contributed by atoms with Gasteiger partial charge in [0.15, 0.2) is 0 Å². The third-order valence-electron chi connectivity index (χ3n) is 5.95. The van der Waals surface area contributed by atoms with Crippen LogP contribution < -0.4 is 9.73 Å². The Morgan fingerprint density at radius 1 is 1.03 bits per heavy atom. The number of nitrogens with one attached hydrogen (secondary N) is 1. The van der Waals surface area contributed by atoms with Crippen LogP contribution in [0.25, 0.3) is 0 Å². The summed E-state index contributed by atoms with van der Waals surface area (Å²) in [5.41, 5.74) is 5.08. The summed E-state index contributed by atoms with van der Waals surface area (Å²) in [5.74, 6) is -0.274. The van der Waals surface area contributed by atoms with Crippen LogP contribution in [0.4, 0.5) is 5.69 Å². The van der Waals surface area contributed by atoms with Gasteiger partial charge in [0, 0.05) is 24.2 Å². The number of nitrogens with zero attached hydrogens (tertiary/aromatic N) is 2. The number of fused-ring (bicyclic) bond motifs is 1. The van der Waals surface area contributed by atoms with Crippen LogP contribution in [0, 0.1) is 0 Å². The number of hydrogen-bond acceptors (Lipinski definition) is 4. The number of hydrazine groups is 1. The predicted molar refractivity (Wildman–Crippen MR) is 113 cm³/mol. The highest BCUT2D eigenvalue weighted by Crippen LogP contribution is 2.32. The van der Waals surface area contributed by atoms with Crippen molar-refractivity contribution in [1.82, 2.24) is 10.4 Å². The average molecular weight is 414 g/mol. The highest BCUT2D eigenvalue weighted by Gasteiger charge is 2.31. The zero-order valence-electron chi connectivity index (χ0n) is 16.8. The molecule has 0 spiro atoms. The molecule has 1 N–H and O–H groups in total. The van der Waals surface area contributed by atoms with Crippen molar-refractivity contribution < 1.29 is 13.2 Å². The third kappa shape index (κ3) is 3.76. The molecule has 0 aromatic heterocycles. The molecule has 2 aliphatic rings. The van der Waals surface area contributed by atoms with E-state index in [1.54, 1.807) is 18.2 Å². The van der Waals surface area contributed by atoms with E-state index in [-0.39, 0.29) is 22.9 Å². The Morgan fingerprint density at radius 2 is 1.76 bits per heavy atom. The van der Waals surface area contributed by atoms with E-state index >= 15 is 0 Å². The smallest absolute Gasteiger partial charge is 0.265 e. The maximum absolute atomic E-state index is 13.2. The molecule has 6 nitrogen and oxygen atoms in total. The molecule has 2 aromatic rings. The van der Waals surface area contributed by atoms with Crippen LogP contribution in [0.15, 0.2) is 53.4 Å². The Labute approximate surface area is 172 Å². The van der Waals surface area contributed by atoms with Crippen LogP contribution in [-0.4, -0.2) is 38.0 Å². The molecule has 2 atom stereocenters. The van der Waals surface area contributed by atoms with Crippen molar-refractivity contribution in [1.29, 1.82) is 0 Å². The van der Waals surface area contributed by atoms with Crippen LogP contribution in [0.3, 0.4) is 0 Å². The van der Waals surface area contributed by atoms with Gasteiger partial charge >= 0.3 is 0 Å². The molecule has 1 amide bonds. The summed E-state index contributed by atoms with van der Waals surface area (Å²) in [7, 11) is -3.72. The van der Waals surface area contributed by atoms with Crippen molar-refractivity contribution in [2.45, 2.75) is 56.5 Å². The second-order valence-electron chi connectivity index (χ2n) is 7.96. The van der Waals surface area contributed by atoms with E-state index in [1.807, 2.05) is 29.3 Å². The van der Waals surface area contributed by atoms with Crippen molar-refractivity contribution in [2.75, 3.05) is 10.8 Å². The second kappa shape index (κ2) is 7.80. The molecule has 2 aliphatic heterocycles. The number of sulfonamides is 1. The second-order valence-corrected chi connectivity index (χ2v) is 9.82. The predicted octanol–water partition coefficient (Wildman–Crippen LogP) is 3.35. The van der Waals surface area contributed by atoms with Crippen LogP contribution in [0.1, 0.15) is 49.0 Å². The molecule has 0 aliphatic carbocycles. The van der Waals surface area contributed by atoms with Crippen LogP contribution in [0.2, 0.25) is 0 Å². The van der Waals surface area contributed by atoms with E-state index < -0.39 is 10.0 Å². The van der Waals surface area contributed by atoms with Crippen molar-refractivity contribution >= 4 is 21.6 Å². The summed E-state index contributed by atoms with van der Waals surface area (Å²) < 4.78 is 27.9. The molecule has 2 heterocycles. The van der Waals surface area contributed by atoms with Crippen LogP contribution in [0.5, 0.6) is 0 Å². The molecule has 29 heavy (non-hydrogen) atoms. The first kappa shape index (κ1) is 19.9. The quantitative estimate of drug-likeness (QED) is 0.835. The molecule has 0 unspecified atom stereocenters. The van der Waals surface area contributed by atoms with Gasteiger partial charge in [-0.25, -0.2) is 13.4 Å². The number of carbonyl (C=O) groups excluding carboxylic acids is 1. The fourth-order valence-electron chi connectivity index (χ4n) is 4.31. The summed E-state index contributed by atoms with van der Waals surface area (Å²) >= 11 is 0. The van der Waals surface area contributed by atoms with Crippen molar-refractivity contribution in [2.24, 2.45) is 0 Å². The molecular weight excluding hydrogens is 386 g/mol. The molecule has 0 radical (unpaired) electrons. The molecule has 154 valence electrons. The Balaban J connectivity index is 1.58. The van der Waals surface area contributed by atoms with E-state index in [0.717, 1.165) is 30.5 Å². The maximum Gasteiger partial charge on any atom is 0.265 e. The van der Waals surface area contributed by atoms with Gasteiger partial charge in [-0.15, -0.1) is 0 Å². The normalized spacial score (nSPS) is 22.3. The first-order valence-corrected chi connectivity index (χ1v) is 11.6. The minimum absolute atomic E-state index is 0.140. The SMILES string of the molecule is C[C@@H]1CCC[C@@H](C)N1NC(=O)c1cccc(S(=O)(=O)N2CCc3ccccc32)c1. The monoisotopic (exact) mass is 413 g/mol. The number of piperidine rings is 1. The zero-order valence-corrected chi connectivity index (χ0v) is 17.7. The highest BCUT2D eigenvalue weighted by atomic mass is 32.2. The Morgan fingerprint density at radius 3 is 2.52 bits per heavy atom. The van der Waals surface area contributed by atoms with Gasteiger partial charge in [-0.3, -0.25) is 14.5 Å². The first-order chi connectivity index (χ1) is 13.9. The van der Waals surface area contributed by atoms with E-state index in [2.05, 4.69) is 19.3 Å². The topological polar surface area (TPSA) is 69.7 Å². The van der Waals surface area contributed by atoms with Gasteiger partial charge in [-0.05, 0) is 62.9 Å². The number of benzene rings is 2. The lowest BCUT2D eigenvalue weighted by molar-refractivity contribution is 0.0369. The standard InChI is InChI=1S/C22H27N3O3S/c1-16-7-5-8-17(2)25(16)23-22(26)19-10-6-11-20(15-19)29(27,28)24-14-13-18-9-3-4-12-21(18)24/h3-4,6,9-12,15-17H,5,7-8,13-14H2,1-2H3,(H,23,26)/t16-,17-/m1/s1. The average Bonchev–Trinajstić information content (AvgIpc) is 3.16. The molecular formula is C22H27N3O3S. The van der Waals surface area contributed by atoms with Crippen LogP contribution in [-0.2, 0) is 16.4 Å². The number of rotatable bonds is 4. The van der Waals surface area contributed by atoms with Crippen molar-refractivity contribution in [3.63, 3.8) is 0 Å². The van der Waals surface area contributed by atoms with Gasteiger partial charge < -0.3 is 0 Å². The molecule has 0 bridgehead atoms. The van der Waals surface area contributed by atoms with Gasteiger partial charge in [-0.1, -0.05) is 30.7 Å². The third-order valence-corrected chi connectivity index (χ3v) is 7.76. The fourth-order valence-corrected chi connectivity index (χ4v) is 5.86. The van der Waals surface area contributed by atoms with Crippen molar-refractivity contribution in [3.8, 4) is 0 Å². The lowest BCUT2D eigenvalue weighted by Crippen LogP contribution is -2.54. The Bertz CT molecular complexity index is 1010. The lowest BCUT2D eigenvalue weighted by Gasteiger charge is -2.38. The van der Waals surface area contributed by atoms with E-state index in [4.69, 9.17) is 0 Å². The Hall–Kier alpha value is -2.38. The van der Waals surface area contributed by atoms with Gasteiger partial charge in [0.05, 0.1) is 10.6 Å². The summed E-state index contributed by atoms with van der Waals surface area (Å²) in [6.45, 7) is 4.62. The number of hydrogen-bond donors (Lipinski definition) is 1. The summed E-state index contributed by atoms with van der Waals surface area (Å²) in [5, 5.41) is 1.99. The minimum atomic E-state index is -3.72. The van der Waals surface area contributed by atoms with E-state index in [1.165, 1.54) is 10.4 Å². The largest absolute Gasteiger partial charge is 0.284 e. The molecule has 1 saturated heterocycles. The molecule has 4 rings (SSSR count). The molecule has 1 fully saturated rings. The van der Waals surface area contributed by atoms with Crippen molar-refractivity contribution in [3.05, 3.63) is 59.7 Å². The summed E-state index contributed by atoms with van der Waals surface area (Å²) in [6, 6.07) is 14.4. The van der Waals surface area contributed by atoms with Gasteiger partial charge in [0.1, 0.15) is 0 Å². The number of carbonyl (C=O) groups is 1. The van der Waals surface area contributed by atoms with Crippen LogP contribution >= 0.6 is 0 Å². The Kier molecular flexibility index (Phi) is 5.36. The van der Waals surface area contributed by atoms with Gasteiger partial charge in [0.2, 0.25) is 0 Å². The van der Waals surface area contributed by atoms with E-state index in [9.17, 15) is 13.2 Å². The molecule has 0 saturated carbocycles. The number of para-hydroxylation sites is 1. The fraction of sp³-hybridized carbons (Fsp3) is 0.409. The maximum atomic E-state index is 13.2. The minimum Gasteiger partial charge on any atom is -0.284 e. The van der Waals surface area contributed by atoms with Gasteiger partial charge in [0.25, 0.3) is 15.9 Å². The first-order valence-electron chi connectivity index (χ1n) is 10.2. The van der Waals surface area contributed by atoms with E-state index in [0.29, 0.717) is 18.5 Å². The zero-order chi connectivity index (χ0) is 20.6. The molecule has 2 aromatic carbocycles. The summed E-state index contributed by atoms with van der Waals surface area (Å²) in [6.07, 6.45) is 3.92. The number of amides is 1. The molecule has 7 heteroatoms. The van der Waals surface area contributed by atoms with Gasteiger partial charge in [-0.2, -0.15) is 0 Å². The lowest BCUT2D eigenvalue weighted by atomic mass is 10.00. The number of anilines is 1. The summed E-state index contributed by atoms with van der Waals surface area (Å²) in [4.78, 5) is 13.0.